The highest BCUT2D eigenvalue weighted by atomic mass is 35.5. The minimum absolute atomic E-state index is 0.174. The van der Waals surface area contributed by atoms with E-state index in [0.29, 0.717) is 40.1 Å². The molecular weight excluding hydrogens is 455 g/mol. The first kappa shape index (κ1) is 20.9. The van der Waals surface area contributed by atoms with Gasteiger partial charge in [0, 0.05) is 22.6 Å². The summed E-state index contributed by atoms with van der Waals surface area (Å²) in [7, 11) is 0. The molecule has 1 unspecified atom stereocenters. The number of H-pyrrole nitrogens is 1. The molecule has 3 aromatic rings. The molecule has 162 valence electrons. The molecule has 9 heteroatoms. The Hall–Kier alpha value is -1.93. The molecule has 1 saturated heterocycles. The van der Waals surface area contributed by atoms with Crippen molar-refractivity contribution in [3.8, 4) is 0 Å². The van der Waals surface area contributed by atoms with Crippen LogP contribution in [0.25, 0.3) is 10.1 Å². The van der Waals surface area contributed by atoms with Crippen LogP contribution in [-0.4, -0.2) is 39.8 Å². The first-order valence-electron chi connectivity index (χ1n) is 10.3. The summed E-state index contributed by atoms with van der Waals surface area (Å²) in [5, 5.41) is 5.29. The maximum Gasteiger partial charge on any atom is 0.256 e. The van der Waals surface area contributed by atoms with Gasteiger partial charge >= 0.3 is 0 Å². The fourth-order valence-electron chi connectivity index (χ4n) is 4.53. The Bertz CT molecular complexity index is 1260. The number of rotatable bonds is 4. The SMILES string of the molecule is Cc1[nH]c(=O)c(CN2CCc3c(Cl)cc(C(C)C4CNC4)c(Cl)c3C2=O)c2sncc12. The lowest BCUT2D eigenvalue weighted by atomic mass is 9.82. The van der Waals surface area contributed by atoms with Crippen LogP contribution in [0.4, 0.5) is 0 Å². The number of amides is 1. The zero-order valence-corrected chi connectivity index (χ0v) is 19.5. The number of aromatic nitrogens is 2. The number of nitrogens with zero attached hydrogens (tertiary/aromatic N) is 2. The average molecular weight is 477 g/mol. The second-order valence-corrected chi connectivity index (χ2v) is 10.0. The van der Waals surface area contributed by atoms with Crippen molar-refractivity contribution in [3.63, 3.8) is 0 Å². The quantitative estimate of drug-likeness (QED) is 0.593. The molecule has 0 aliphatic carbocycles. The van der Waals surface area contributed by atoms with Crippen molar-refractivity contribution < 1.29 is 4.79 Å². The van der Waals surface area contributed by atoms with E-state index in [9.17, 15) is 9.59 Å². The van der Waals surface area contributed by atoms with Crippen molar-refractivity contribution >= 4 is 50.7 Å². The average Bonchev–Trinajstić information content (AvgIpc) is 3.17. The lowest BCUT2D eigenvalue weighted by molar-refractivity contribution is 0.0727. The second-order valence-electron chi connectivity index (χ2n) is 8.43. The van der Waals surface area contributed by atoms with Crippen LogP contribution < -0.4 is 10.9 Å². The van der Waals surface area contributed by atoms with E-state index in [1.165, 1.54) is 11.5 Å². The predicted molar refractivity (Wildman–Crippen MR) is 125 cm³/mol. The Morgan fingerprint density at radius 2 is 2.10 bits per heavy atom. The Morgan fingerprint density at radius 3 is 2.81 bits per heavy atom. The van der Waals surface area contributed by atoms with Crippen LogP contribution in [0.5, 0.6) is 0 Å². The van der Waals surface area contributed by atoms with Crippen LogP contribution in [0, 0.1) is 12.8 Å². The number of hydrogen-bond donors (Lipinski definition) is 2. The summed E-state index contributed by atoms with van der Waals surface area (Å²) in [5.74, 6) is 0.509. The third-order valence-electron chi connectivity index (χ3n) is 6.66. The first-order chi connectivity index (χ1) is 14.9. The summed E-state index contributed by atoms with van der Waals surface area (Å²) in [6, 6.07) is 1.93. The number of pyridine rings is 1. The molecule has 2 aromatic heterocycles. The number of hydrogen-bond acceptors (Lipinski definition) is 5. The van der Waals surface area contributed by atoms with E-state index in [1.54, 1.807) is 11.1 Å². The monoisotopic (exact) mass is 476 g/mol. The van der Waals surface area contributed by atoms with E-state index >= 15 is 0 Å². The molecule has 2 aliphatic heterocycles. The van der Waals surface area contributed by atoms with Gasteiger partial charge in [-0.1, -0.05) is 30.1 Å². The highest BCUT2D eigenvalue weighted by Gasteiger charge is 2.34. The number of aryl methyl sites for hydroxylation is 1. The van der Waals surface area contributed by atoms with Crippen molar-refractivity contribution in [2.45, 2.75) is 32.7 Å². The molecule has 0 spiro atoms. The van der Waals surface area contributed by atoms with E-state index < -0.39 is 0 Å². The third kappa shape index (κ3) is 3.39. The van der Waals surface area contributed by atoms with Gasteiger partial charge in [0.2, 0.25) is 0 Å². The van der Waals surface area contributed by atoms with Crippen molar-refractivity contribution in [3.05, 3.63) is 60.6 Å². The number of fused-ring (bicyclic) bond motifs is 2. The fourth-order valence-corrected chi connectivity index (χ4v) is 6.10. The largest absolute Gasteiger partial charge is 0.334 e. The summed E-state index contributed by atoms with van der Waals surface area (Å²) >= 11 is 14.7. The molecule has 0 radical (unpaired) electrons. The zero-order valence-electron chi connectivity index (χ0n) is 17.2. The number of benzene rings is 1. The molecule has 2 N–H and O–H groups in total. The van der Waals surface area contributed by atoms with Gasteiger partial charge in [-0.3, -0.25) is 9.59 Å². The van der Waals surface area contributed by atoms with Gasteiger partial charge in [0.25, 0.3) is 11.5 Å². The standard InChI is InChI=1S/C22H22Cl2N4O2S/c1-10(12-6-25-7-12)14-5-17(23)13-3-4-28(22(30)18(13)19(14)24)9-16-20-15(8-26-31-20)11(2)27-21(16)29/h5,8,10,12,25H,3-4,6-7,9H2,1-2H3,(H,27,29). The molecule has 1 atom stereocenters. The van der Waals surface area contributed by atoms with Crippen LogP contribution in [0.15, 0.2) is 17.1 Å². The molecule has 1 amide bonds. The number of carbonyl (C=O) groups is 1. The molecule has 6 nitrogen and oxygen atoms in total. The zero-order chi connectivity index (χ0) is 21.9. The molecule has 1 aromatic carbocycles. The van der Waals surface area contributed by atoms with E-state index in [-0.39, 0.29) is 23.9 Å². The smallest absolute Gasteiger partial charge is 0.256 e. The van der Waals surface area contributed by atoms with Gasteiger partial charge in [0.15, 0.2) is 0 Å². The topological polar surface area (TPSA) is 78.1 Å². The van der Waals surface area contributed by atoms with Crippen LogP contribution in [0.1, 0.15) is 45.6 Å². The van der Waals surface area contributed by atoms with Crippen molar-refractivity contribution in [1.82, 2.24) is 19.6 Å². The number of aromatic amines is 1. The van der Waals surface area contributed by atoms with E-state index in [0.717, 1.165) is 40.0 Å². The van der Waals surface area contributed by atoms with E-state index in [2.05, 4.69) is 21.6 Å². The minimum atomic E-state index is -0.183. The second kappa shape index (κ2) is 7.89. The predicted octanol–water partition coefficient (Wildman–Crippen LogP) is 4.12. The summed E-state index contributed by atoms with van der Waals surface area (Å²) in [6.07, 6.45) is 2.36. The van der Waals surface area contributed by atoms with Crippen molar-refractivity contribution in [2.24, 2.45) is 5.92 Å². The molecule has 0 bridgehead atoms. The lowest BCUT2D eigenvalue weighted by Crippen LogP contribution is -2.45. The van der Waals surface area contributed by atoms with Gasteiger partial charge in [0.1, 0.15) is 0 Å². The van der Waals surface area contributed by atoms with Crippen LogP contribution in [-0.2, 0) is 13.0 Å². The van der Waals surface area contributed by atoms with Gasteiger partial charge in [-0.15, -0.1) is 0 Å². The summed E-state index contributed by atoms with van der Waals surface area (Å²) in [6.45, 7) is 6.56. The normalized spacial score (nSPS) is 17.7. The Kier molecular flexibility index (Phi) is 5.33. The number of halogens is 2. The van der Waals surface area contributed by atoms with Gasteiger partial charge in [-0.05, 0) is 67.0 Å². The molecule has 31 heavy (non-hydrogen) atoms. The number of carbonyl (C=O) groups excluding carboxylic acids is 1. The molecule has 0 saturated carbocycles. The highest BCUT2D eigenvalue weighted by Crippen LogP contribution is 2.40. The number of nitrogens with one attached hydrogen (secondary N) is 2. The van der Waals surface area contributed by atoms with Gasteiger partial charge in [-0.25, -0.2) is 0 Å². The van der Waals surface area contributed by atoms with Crippen LogP contribution in [0.2, 0.25) is 10.0 Å². The Balaban J connectivity index is 1.53. The maximum atomic E-state index is 13.5. The lowest BCUT2D eigenvalue weighted by Gasteiger charge is -2.35. The summed E-state index contributed by atoms with van der Waals surface area (Å²) in [4.78, 5) is 30.8. The molecule has 5 rings (SSSR count). The molecule has 2 aliphatic rings. The summed E-state index contributed by atoms with van der Waals surface area (Å²) < 4.78 is 5.06. The maximum absolute atomic E-state index is 13.5. The molecular formula is C22H22Cl2N4O2S. The van der Waals surface area contributed by atoms with Crippen LogP contribution >= 0.6 is 34.7 Å². The van der Waals surface area contributed by atoms with Crippen LogP contribution in [0.3, 0.4) is 0 Å². The van der Waals surface area contributed by atoms with Gasteiger partial charge < -0.3 is 15.2 Å². The van der Waals surface area contributed by atoms with E-state index in [4.69, 9.17) is 23.2 Å². The van der Waals surface area contributed by atoms with Crippen molar-refractivity contribution in [2.75, 3.05) is 19.6 Å². The van der Waals surface area contributed by atoms with E-state index in [1.807, 2.05) is 13.0 Å². The van der Waals surface area contributed by atoms with Gasteiger partial charge in [-0.2, -0.15) is 4.37 Å². The molecule has 4 heterocycles. The Labute approximate surface area is 193 Å². The highest BCUT2D eigenvalue weighted by molar-refractivity contribution is 7.13. The minimum Gasteiger partial charge on any atom is -0.334 e. The van der Waals surface area contributed by atoms with Gasteiger partial charge in [0.05, 0.1) is 33.6 Å². The summed E-state index contributed by atoms with van der Waals surface area (Å²) in [5.41, 5.74) is 3.37. The fraction of sp³-hybridized carbons (Fsp3) is 0.409. The molecule has 1 fully saturated rings. The first-order valence-corrected chi connectivity index (χ1v) is 11.9. The third-order valence-corrected chi connectivity index (χ3v) is 8.27. The Morgan fingerprint density at radius 1 is 1.32 bits per heavy atom. The van der Waals surface area contributed by atoms with Crippen molar-refractivity contribution in [1.29, 1.82) is 0 Å².